The molecule has 28 heavy (non-hydrogen) atoms. The molecule has 0 saturated carbocycles. The van der Waals surface area contributed by atoms with E-state index in [-0.39, 0.29) is 12.6 Å². The van der Waals surface area contributed by atoms with Gasteiger partial charge in [-0.2, -0.15) is 0 Å². The maximum atomic E-state index is 12.6. The largest absolute Gasteiger partial charge is 0.486 e. The number of ether oxygens (including phenoxy) is 2. The van der Waals surface area contributed by atoms with Crippen LogP contribution in [0.2, 0.25) is 0 Å². The number of rotatable bonds is 6. The van der Waals surface area contributed by atoms with Crippen LogP contribution < -0.4 is 19.1 Å². The van der Waals surface area contributed by atoms with Gasteiger partial charge in [0.1, 0.15) is 19.8 Å². The summed E-state index contributed by atoms with van der Waals surface area (Å²) >= 11 is 0. The van der Waals surface area contributed by atoms with Crippen molar-refractivity contribution in [1.29, 1.82) is 0 Å². The molecule has 0 aliphatic carbocycles. The number of hydrogen-bond donors (Lipinski definition) is 1. The first-order valence-corrected chi connectivity index (χ1v) is 10.8. The predicted molar refractivity (Wildman–Crippen MR) is 107 cm³/mol. The molecule has 1 atom stereocenters. The van der Waals surface area contributed by atoms with E-state index in [1.165, 1.54) is 0 Å². The average molecular weight is 404 g/mol. The predicted octanol–water partition coefficient (Wildman–Crippen LogP) is 2.41. The molecule has 150 valence electrons. The van der Waals surface area contributed by atoms with Crippen molar-refractivity contribution in [3.63, 3.8) is 0 Å². The van der Waals surface area contributed by atoms with Gasteiger partial charge in [0, 0.05) is 0 Å². The highest BCUT2D eigenvalue weighted by Gasteiger charge is 2.23. The Hall–Kier alpha value is -2.74. The number of carbonyl (C=O) groups excluding carboxylic acids is 1. The van der Waals surface area contributed by atoms with E-state index >= 15 is 0 Å². The number of sulfonamides is 1. The van der Waals surface area contributed by atoms with Crippen molar-refractivity contribution in [3.8, 4) is 11.5 Å². The highest BCUT2D eigenvalue weighted by molar-refractivity contribution is 7.92. The minimum Gasteiger partial charge on any atom is -0.486 e. The van der Waals surface area contributed by atoms with E-state index in [1.807, 2.05) is 44.2 Å². The highest BCUT2D eigenvalue weighted by atomic mass is 32.2. The van der Waals surface area contributed by atoms with Gasteiger partial charge in [-0.15, -0.1) is 0 Å². The monoisotopic (exact) mass is 404 g/mol. The molecule has 0 spiro atoms. The Balaban J connectivity index is 1.73. The van der Waals surface area contributed by atoms with E-state index in [0.717, 1.165) is 21.7 Å². The molecular weight excluding hydrogens is 380 g/mol. The highest BCUT2D eigenvalue weighted by Crippen LogP contribution is 2.32. The van der Waals surface area contributed by atoms with E-state index in [0.29, 0.717) is 30.4 Å². The van der Waals surface area contributed by atoms with Crippen LogP contribution in [0.1, 0.15) is 24.1 Å². The first-order chi connectivity index (χ1) is 13.3. The number of para-hydroxylation sites is 1. The topological polar surface area (TPSA) is 84.9 Å². The maximum absolute atomic E-state index is 12.6. The van der Waals surface area contributed by atoms with Crippen molar-refractivity contribution in [2.75, 3.05) is 30.3 Å². The Kier molecular flexibility index (Phi) is 5.79. The SMILES string of the molecule is Cc1ccccc1N(CC(=O)N[C@@H](C)c1ccc2c(c1)OCCO2)S(C)(=O)=O. The normalized spacial score (nSPS) is 14.2. The van der Waals surface area contributed by atoms with Crippen LogP contribution in [0.4, 0.5) is 5.69 Å². The van der Waals surface area contributed by atoms with Gasteiger partial charge in [0.15, 0.2) is 11.5 Å². The molecule has 0 bridgehead atoms. The van der Waals surface area contributed by atoms with Crippen molar-refractivity contribution in [3.05, 3.63) is 53.6 Å². The lowest BCUT2D eigenvalue weighted by molar-refractivity contribution is -0.120. The third kappa shape index (κ3) is 4.56. The lowest BCUT2D eigenvalue weighted by Crippen LogP contribution is -2.41. The lowest BCUT2D eigenvalue weighted by Gasteiger charge is -2.25. The summed E-state index contributed by atoms with van der Waals surface area (Å²) in [6, 6.07) is 12.2. The smallest absolute Gasteiger partial charge is 0.241 e. The van der Waals surface area contributed by atoms with Gasteiger partial charge in [0.05, 0.1) is 18.0 Å². The Bertz CT molecular complexity index is 974. The molecule has 1 aliphatic rings. The van der Waals surface area contributed by atoms with Crippen LogP contribution >= 0.6 is 0 Å². The summed E-state index contributed by atoms with van der Waals surface area (Å²) in [6.45, 7) is 4.35. The van der Waals surface area contributed by atoms with E-state index in [4.69, 9.17) is 9.47 Å². The molecule has 8 heteroatoms. The molecule has 1 aliphatic heterocycles. The summed E-state index contributed by atoms with van der Waals surface area (Å²) in [4.78, 5) is 12.6. The summed E-state index contributed by atoms with van der Waals surface area (Å²) in [6.07, 6.45) is 1.09. The number of aryl methyl sites for hydroxylation is 1. The zero-order valence-electron chi connectivity index (χ0n) is 16.1. The molecule has 0 saturated heterocycles. The molecule has 7 nitrogen and oxygen atoms in total. The van der Waals surface area contributed by atoms with Crippen molar-refractivity contribution in [2.45, 2.75) is 19.9 Å². The second kappa shape index (κ2) is 8.10. The molecule has 0 unspecified atom stereocenters. The summed E-state index contributed by atoms with van der Waals surface area (Å²) in [5.74, 6) is 0.926. The van der Waals surface area contributed by atoms with Crippen LogP contribution in [0.3, 0.4) is 0 Å². The minimum absolute atomic E-state index is 0.293. The number of nitrogens with one attached hydrogen (secondary N) is 1. The number of amides is 1. The van der Waals surface area contributed by atoms with Crippen molar-refractivity contribution < 1.29 is 22.7 Å². The van der Waals surface area contributed by atoms with Crippen molar-refractivity contribution >= 4 is 21.6 Å². The summed E-state index contributed by atoms with van der Waals surface area (Å²) in [5, 5.41) is 2.85. The molecule has 1 heterocycles. The molecule has 0 aromatic heterocycles. The quantitative estimate of drug-likeness (QED) is 0.799. The molecule has 1 N–H and O–H groups in total. The number of fused-ring (bicyclic) bond motifs is 1. The Morgan fingerprint density at radius 3 is 2.50 bits per heavy atom. The van der Waals surface area contributed by atoms with Crippen LogP contribution in [0.25, 0.3) is 0 Å². The van der Waals surface area contributed by atoms with Gasteiger partial charge in [-0.05, 0) is 43.2 Å². The summed E-state index contributed by atoms with van der Waals surface area (Å²) in [7, 11) is -3.61. The number of benzene rings is 2. The molecule has 0 fully saturated rings. The van der Waals surface area contributed by atoms with Crippen LogP contribution in [0, 0.1) is 6.92 Å². The van der Waals surface area contributed by atoms with Crippen LogP contribution in [0.5, 0.6) is 11.5 Å². The number of nitrogens with zero attached hydrogens (tertiary/aromatic N) is 1. The molecule has 2 aromatic carbocycles. The lowest BCUT2D eigenvalue weighted by atomic mass is 10.1. The first-order valence-electron chi connectivity index (χ1n) is 8.98. The van der Waals surface area contributed by atoms with Gasteiger partial charge in [-0.25, -0.2) is 8.42 Å². The zero-order valence-corrected chi connectivity index (χ0v) is 17.0. The Morgan fingerprint density at radius 2 is 1.82 bits per heavy atom. The zero-order chi connectivity index (χ0) is 20.3. The minimum atomic E-state index is -3.61. The number of carbonyl (C=O) groups is 1. The van der Waals surface area contributed by atoms with Crippen molar-refractivity contribution in [2.24, 2.45) is 0 Å². The third-order valence-corrected chi connectivity index (χ3v) is 5.64. The molecule has 1 amide bonds. The number of hydrogen-bond acceptors (Lipinski definition) is 5. The molecule has 3 rings (SSSR count). The molecular formula is C20H24N2O5S. The van der Waals surface area contributed by atoms with E-state index < -0.39 is 15.9 Å². The molecule has 2 aromatic rings. The Labute approximate surface area is 165 Å². The fourth-order valence-electron chi connectivity index (χ4n) is 3.05. The second-order valence-electron chi connectivity index (χ2n) is 6.75. The van der Waals surface area contributed by atoms with Gasteiger partial charge in [-0.3, -0.25) is 9.10 Å². The first kappa shape index (κ1) is 20.0. The fourth-order valence-corrected chi connectivity index (χ4v) is 3.97. The Morgan fingerprint density at radius 1 is 1.14 bits per heavy atom. The van der Waals surface area contributed by atoms with E-state index in [9.17, 15) is 13.2 Å². The van der Waals surface area contributed by atoms with E-state index in [1.54, 1.807) is 12.1 Å². The average Bonchev–Trinajstić information content (AvgIpc) is 2.65. The third-order valence-electron chi connectivity index (χ3n) is 4.52. The van der Waals surface area contributed by atoms with Crippen molar-refractivity contribution in [1.82, 2.24) is 5.32 Å². The second-order valence-corrected chi connectivity index (χ2v) is 8.66. The van der Waals surface area contributed by atoms with Gasteiger partial charge >= 0.3 is 0 Å². The maximum Gasteiger partial charge on any atom is 0.241 e. The van der Waals surface area contributed by atoms with E-state index in [2.05, 4.69) is 5.32 Å². The fraction of sp³-hybridized carbons (Fsp3) is 0.350. The molecule has 0 radical (unpaired) electrons. The summed E-state index contributed by atoms with van der Waals surface area (Å²) < 4.78 is 36.7. The van der Waals surface area contributed by atoms with Crippen LogP contribution in [-0.4, -0.2) is 40.3 Å². The summed E-state index contributed by atoms with van der Waals surface area (Å²) in [5.41, 5.74) is 2.12. The standard InChI is InChI=1S/C20H24N2O5S/c1-14-6-4-5-7-17(14)22(28(3,24)25)13-20(23)21-15(2)16-8-9-18-19(12-16)27-11-10-26-18/h4-9,12,15H,10-11,13H2,1-3H3,(H,21,23)/t15-/m0/s1. The van der Waals surface area contributed by atoms with Crippen LogP contribution in [-0.2, 0) is 14.8 Å². The number of anilines is 1. The van der Waals surface area contributed by atoms with Gasteiger partial charge in [0.2, 0.25) is 15.9 Å². The van der Waals surface area contributed by atoms with Gasteiger partial charge in [0.25, 0.3) is 0 Å². The van der Waals surface area contributed by atoms with Gasteiger partial charge in [-0.1, -0.05) is 24.3 Å². The van der Waals surface area contributed by atoms with Crippen LogP contribution in [0.15, 0.2) is 42.5 Å². The van der Waals surface area contributed by atoms with Gasteiger partial charge < -0.3 is 14.8 Å².